The maximum atomic E-state index is 12.9. The lowest BCUT2D eigenvalue weighted by atomic mass is 10.0. The zero-order valence-electron chi connectivity index (χ0n) is 31.2. The molecule has 2 aromatic carbocycles. The third kappa shape index (κ3) is 14.5. The van der Waals surface area contributed by atoms with E-state index in [2.05, 4.69) is 13.2 Å². The SMILES string of the molecule is C=CC(=O)OCCCCCCOC(=O)Oc1ccc(C(=O)O[C@H]2COC3C2CC[C@H]3OC(=O)c2ccc(OC(=O)OCCCCCCOC(=O)C=C)cc2)cc1. The van der Waals surface area contributed by atoms with Gasteiger partial charge in [0.15, 0.2) is 0 Å². The smallest absolute Gasteiger partial charge is 0.463 e. The monoisotopic (exact) mass is 780 g/mol. The zero-order valence-corrected chi connectivity index (χ0v) is 31.2. The standard InChI is InChI=1S/C41H48O15/c1-3-35(42)48-23-9-5-7-11-25-50-40(46)53-30-17-13-28(14-18-30)38(44)55-33-22-21-32-34(27-52-37(32)33)56-39(45)29-15-19-31(20-16-29)54-41(47)51-26-12-8-6-10-24-49-36(43)4-2/h3-4,13-20,32-34,37H,1-2,5-12,21-27H2/t32?,33-,34+,37?/m1/s1. The highest BCUT2D eigenvalue weighted by molar-refractivity contribution is 5.90. The summed E-state index contributed by atoms with van der Waals surface area (Å²) in [5.41, 5.74) is 0.513. The van der Waals surface area contributed by atoms with Crippen LogP contribution in [0.25, 0.3) is 0 Å². The molecular weight excluding hydrogens is 732 g/mol. The maximum absolute atomic E-state index is 12.9. The molecule has 1 aliphatic carbocycles. The number of hydrogen-bond donors (Lipinski definition) is 0. The van der Waals surface area contributed by atoms with Gasteiger partial charge in [0.1, 0.15) is 29.8 Å². The Hall–Kier alpha value is -5.70. The fourth-order valence-electron chi connectivity index (χ4n) is 6.04. The van der Waals surface area contributed by atoms with Crippen molar-refractivity contribution < 1.29 is 71.4 Å². The van der Waals surface area contributed by atoms with Gasteiger partial charge in [-0.1, -0.05) is 13.2 Å². The molecule has 2 unspecified atom stereocenters. The van der Waals surface area contributed by atoms with Crippen molar-refractivity contribution in [1.29, 1.82) is 0 Å². The van der Waals surface area contributed by atoms with Crippen LogP contribution in [0.2, 0.25) is 0 Å². The van der Waals surface area contributed by atoms with E-state index in [4.69, 9.17) is 42.6 Å². The Bertz CT molecular complexity index is 1510. The number of esters is 4. The van der Waals surface area contributed by atoms with Gasteiger partial charge in [-0.15, -0.1) is 0 Å². The van der Waals surface area contributed by atoms with Gasteiger partial charge in [0.05, 0.1) is 44.2 Å². The first-order chi connectivity index (χ1) is 27.2. The lowest BCUT2D eigenvalue weighted by Gasteiger charge is -2.19. The fraction of sp³-hybridized carbons (Fsp3) is 0.463. The largest absolute Gasteiger partial charge is 0.513 e. The molecule has 0 amide bonds. The molecule has 0 N–H and O–H groups in total. The topological polar surface area (TPSA) is 185 Å². The molecule has 1 aliphatic heterocycles. The molecule has 1 saturated carbocycles. The second-order valence-electron chi connectivity index (χ2n) is 12.9. The Kier molecular flexibility index (Phi) is 17.9. The number of benzene rings is 2. The normalized spacial score (nSPS) is 18.1. The van der Waals surface area contributed by atoms with Gasteiger partial charge in [0.2, 0.25) is 0 Å². The number of hydrogen-bond acceptors (Lipinski definition) is 15. The minimum atomic E-state index is -0.864. The number of carbonyl (C=O) groups is 6. The Balaban J connectivity index is 1.10. The van der Waals surface area contributed by atoms with E-state index in [1.54, 1.807) is 0 Å². The molecule has 2 fully saturated rings. The molecule has 56 heavy (non-hydrogen) atoms. The van der Waals surface area contributed by atoms with Crippen molar-refractivity contribution >= 4 is 36.2 Å². The lowest BCUT2D eigenvalue weighted by Crippen LogP contribution is -2.31. The van der Waals surface area contributed by atoms with Crippen LogP contribution in [0.5, 0.6) is 11.5 Å². The molecule has 1 heterocycles. The van der Waals surface area contributed by atoms with Crippen LogP contribution in [-0.4, -0.2) is 87.5 Å². The Morgan fingerprint density at radius 2 is 0.964 bits per heavy atom. The van der Waals surface area contributed by atoms with Crippen LogP contribution >= 0.6 is 0 Å². The molecule has 0 aromatic heterocycles. The van der Waals surface area contributed by atoms with E-state index >= 15 is 0 Å². The number of fused-ring (bicyclic) bond motifs is 1. The van der Waals surface area contributed by atoms with Crippen LogP contribution < -0.4 is 9.47 Å². The van der Waals surface area contributed by atoms with Crippen LogP contribution in [0.4, 0.5) is 9.59 Å². The second kappa shape index (κ2) is 23.3. The maximum Gasteiger partial charge on any atom is 0.513 e. The molecule has 302 valence electrons. The van der Waals surface area contributed by atoms with Crippen LogP contribution in [0, 0.1) is 5.92 Å². The molecule has 1 saturated heterocycles. The molecule has 4 atom stereocenters. The summed E-state index contributed by atoms with van der Waals surface area (Å²) >= 11 is 0. The van der Waals surface area contributed by atoms with Crippen LogP contribution in [0.1, 0.15) is 84.9 Å². The summed E-state index contributed by atoms with van der Waals surface area (Å²) in [6.45, 7) is 7.80. The van der Waals surface area contributed by atoms with Crippen molar-refractivity contribution in [3.05, 3.63) is 85.0 Å². The van der Waals surface area contributed by atoms with Gasteiger partial charge >= 0.3 is 36.2 Å². The number of ether oxygens (including phenoxy) is 9. The van der Waals surface area contributed by atoms with Gasteiger partial charge in [-0.2, -0.15) is 0 Å². The lowest BCUT2D eigenvalue weighted by molar-refractivity contribution is -0.138. The summed E-state index contributed by atoms with van der Waals surface area (Å²) in [4.78, 5) is 72.0. The average Bonchev–Trinajstić information content (AvgIpc) is 3.79. The Morgan fingerprint density at radius 3 is 1.39 bits per heavy atom. The molecule has 2 aromatic rings. The van der Waals surface area contributed by atoms with E-state index in [1.165, 1.54) is 48.5 Å². The first kappa shape index (κ1) is 43.0. The predicted molar refractivity (Wildman–Crippen MR) is 197 cm³/mol. The predicted octanol–water partition coefficient (Wildman–Crippen LogP) is 6.86. The quantitative estimate of drug-likeness (QED) is 0.0396. The highest BCUT2D eigenvalue weighted by Crippen LogP contribution is 2.40. The first-order valence-electron chi connectivity index (χ1n) is 18.7. The van der Waals surface area contributed by atoms with E-state index in [1.807, 2.05) is 0 Å². The first-order valence-corrected chi connectivity index (χ1v) is 18.7. The van der Waals surface area contributed by atoms with Crippen molar-refractivity contribution in [3.63, 3.8) is 0 Å². The summed E-state index contributed by atoms with van der Waals surface area (Å²) in [6.07, 6.45) is 5.99. The molecule has 4 rings (SSSR count). The van der Waals surface area contributed by atoms with E-state index in [9.17, 15) is 28.8 Å². The summed E-state index contributed by atoms with van der Waals surface area (Å²) < 4.78 is 47.8. The van der Waals surface area contributed by atoms with Gasteiger partial charge < -0.3 is 42.6 Å². The number of unbranched alkanes of at least 4 members (excludes halogenated alkanes) is 6. The van der Waals surface area contributed by atoms with Crippen LogP contribution in [0.15, 0.2) is 73.8 Å². The Morgan fingerprint density at radius 1 is 0.554 bits per heavy atom. The molecular formula is C41H48O15. The van der Waals surface area contributed by atoms with Gasteiger partial charge in [-0.05, 0) is 113 Å². The van der Waals surface area contributed by atoms with Crippen molar-refractivity contribution in [3.8, 4) is 11.5 Å². The van der Waals surface area contributed by atoms with Crippen molar-refractivity contribution in [2.75, 3.05) is 33.0 Å². The summed E-state index contributed by atoms with van der Waals surface area (Å²) in [5.74, 6) is -1.81. The summed E-state index contributed by atoms with van der Waals surface area (Å²) in [5, 5.41) is 0. The number of rotatable bonds is 22. The van der Waals surface area contributed by atoms with Gasteiger partial charge in [0, 0.05) is 18.1 Å². The van der Waals surface area contributed by atoms with E-state index in [0.717, 1.165) is 37.8 Å². The molecule has 15 heteroatoms. The van der Waals surface area contributed by atoms with Crippen LogP contribution in [0.3, 0.4) is 0 Å². The molecule has 15 nitrogen and oxygen atoms in total. The van der Waals surface area contributed by atoms with Crippen LogP contribution in [-0.2, 0) is 42.7 Å². The van der Waals surface area contributed by atoms with E-state index in [0.29, 0.717) is 51.7 Å². The van der Waals surface area contributed by atoms with Crippen molar-refractivity contribution in [2.24, 2.45) is 5.92 Å². The third-order valence-electron chi connectivity index (χ3n) is 8.94. The van der Waals surface area contributed by atoms with Gasteiger partial charge in [-0.25, -0.2) is 28.8 Å². The minimum absolute atomic E-state index is 0.153. The van der Waals surface area contributed by atoms with Gasteiger partial charge in [0.25, 0.3) is 0 Å². The number of carbonyl (C=O) groups excluding carboxylic acids is 6. The minimum Gasteiger partial charge on any atom is -0.463 e. The highest BCUT2D eigenvalue weighted by atomic mass is 16.7. The zero-order chi connectivity index (χ0) is 40.1. The van der Waals surface area contributed by atoms with Crippen molar-refractivity contribution in [2.45, 2.75) is 82.5 Å². The van der Waals surface area contributed by atoms with Gasteiger partial charge in [-0.3, -0.25) is 0 Å². The molecule has 2 aliphatic rings. The summed E-state index contributed by atoms with van der Waals surface area (Å²) in [6, 6.07) is 11.8. The molecule has 0 spiro atoms. The third-order valence-corrected chi connectivity index (χ3v) is 8.94. The molecule has 0 bridgehead atoms. The van der Waals surface area contributed by atoms with E-state index < -0.39 is 54.5 Å². The molecule has 0 radical (unpaired) electrons. The summed E-state index contributed by atoms with van der Waals surface area (Å²) in [7, 11) is 0. The highest BCUT2D eigenvalue weighted by Gasteiger charge is 2.49. The second-order valence-corrected chi connectivity index (χ2v) is 12.9. The fourth-order valence-corrected chi connectivity index (χ4v) is 6.04. The van der Waals surface area contributed by atoms with E-state index in [-0.39, 0.29) is 48.4 Å². The Labute approximate surface area is 325 Å². The average molecular weight is 781 g/mol. The van der Waals surface area contributed by atoms with Crippen molar-refractivity contribution in [1.82, 2.24) is 0 Å².